The summed E-state index contributed by atoms with van der Waals surface area (Å²) < 4.78 is 7.88. The van der Waals surface area contributed by atoms with Crippen LogP contribution in [0.25, 0.3) is 10.9 Å². The molecule has 9 heteroatoms. The van der Waals surface area contributed by atoms with E-state index >= 15 is 0 Å². The van der Waals surface area contributed by atoms with Gasteiger partial charge in [-0.1, -0.05) is 12.1 Å². The molecular weight excluding hydrogens is 388 g/mol. The molecule has 2 heterocycles. The Balaban J connectivity index is 1.64. The van der Waals surface area contributed by atoms with Gasteiger partial charge in [0.2, 0.25) is 5.91 Å². The molecule has 1 aliphatic heterocycles. The lowest BCUT2D eigenvalue weighted by Crippen LogP contribution is -2.41. The highest BCUT2D eigenvalue weighted by molar-refractivity contribution is 5.99. The summed E-state index contributed by atoms with van der Waals surface area (Å²) in [6, 6.07) is 11.6. The Labute approximate surface area is 170 Å². The van der Waals surface area contributed by atoms with Crippen LogP contribution in [0.2, 0.25) is 0 Å². The van der Waals surface area contributed by atoms with Crippen LogP contribution in [0.4, 0.5) is 11.4 Å². The Morgan fingerprint density at radius 1 is 1.13 bits per heavy atom. The standard InChI is InChI=1S/C21H20N4O5/c1-3-24-20(28)14-6-4-5-7-16(14)25(21(24)29)11-18(26)22-13-8-9-17-15(10-13)23-19(27)12(2)30-17/h4-10,12H,3,11H2,1-2H3,(H,22,26)(H,23,27). The summed E-state index contributed by atoms with van der Waals surface area (Å²) in [5.41, 5.74) is 0.370. The molecule has 1 aromatic heterocycles. The molecule has 2 N–H and O–H groups in total. The number of hydrogen-bond donors (Lipinski definition) is 2. The lowest BCUT2D eigenvalue weighted by Gasteiger charge is -2.23. The van der Waals surface area contributed by atoms with Crippen molar-refractivity contribution in [3.63, 3.8) is 0 Å². The van der Waals surface area contributed by atoms with Gasteiger partial charge in [-0.3, -0.25) is 23.5 Å². The van der Waals surface area contributed by atoms with Crippen molar-refractivity contribution in [1.82, 2.24) is 9.13 Å². The number of para-hydroxylation sites is 1. The number of amides is 2. The third-order valence-corrected chi connectivity index (χ3v) is 4.94. The first kappa shape index (κ1) is 19.4. The normalized spacial score (nSPS) is 15.3. The molecule has 0 saturated heterocycles. The van der Waals surface area contributed by atoms with Gasteiger partial charge in [0.25, 0.3) is 11.5 Å². The van der Waals surface area contributed by atoms with Crippen molar-refractivity contribution in [3.05, 3.63) is 63.3 Å². The monoisotopic (exact) mass is 408 g/mol. The van der Waals surface area contributed by atoms with Crippen LogP contribution in [0.5, 0.6) is 5.75 Å². The minimum atomic E-state index is -0.590. The maximum absolute atomic E-state index is 12.8. The van der Waals surface area contributed by atoms with Gasteiger partial charge in [0.15, 0.2) is 6.10 Å². The second-order valence-electron chi connectivity index (χ2n) is 6.94. The molecule has 0 aliphatic carbocycles. The second-order valence-corrected chi connectivity index (χ2v) is 6.94. The van der Waals surface area contributed by atoms with Crippen molar-refractivity contribution >= 4 is 34.1 Å². The van der Waals surface area contributed by atoms with Crippen LogP contribution in [0.15, 0.2) is 52.1 Å². The largest absolute Gasteiger partial charge is 0.479 e. The van der Waals surface area contributed by atoms with Crippen molar-refractivity contribution in [3.8, 4) is 5.75 Å². The number of rotatable bonds is 4. The number of carbonyl (C=O) groups is 2. The quantitative estimate of drug-likeness (QED) is 0.680. The predicted molar refractivity (Wildman–Crippen MR) is 112 cm³/mol. The molecule has 3 aromatic rings. The van der Waals surface area contributed by atoms with Crippen molar-refractivity contribution in [2.24, 2.45) is 0 Å². The van der Waals surface area contributed by atoms with Crippen LogP contribution in [-0.2, 0) is 22.7 Å². The highest BCUT2D eigenvalue weighted by Crippen LogP contribution is 2.32. The Bertz CT molecular complexity index is 1290. The molecule has 0 fully saturated rings. The van der Waals surface area contributed by atoms with E-state index in [2.05, 4.69) is 10.6 Å². The van der Waals surface area contributed by atoms with Crippen LogP contribution in [0.1, 0.15) is 13.8 Å². The lowest BCUT2D eigenvalue weighted by molar-refractivity contribution is -0.122. The van der Waals surface area contributed by atoms with Gasteiger partial charge in [0, 0.05) is 12.2 Å². The first-order valence-electron chi connectivity index (χ1n) is 9.53. The van der Waals surface area contributed by atoms with Gasteiger partial charge in [0.05, 0.1) is 16.6 Å². The van der Waals surface area contributed by atoms with Crippen LogP contribution < -0.4 is 26.6 Å². The fourth-order valence-corrected chi connectivity index (χ4v) is 3.43. The maximum atomic E-state index is 12.8. The summed E-state index contributed by atoms with van der Waals surface area (Å²) in [5, 5.41) is 5.81. The minimum absolute atomic E-state index is 0.201. The van der Waals surface area contributed by atoms with E-state index in [4.69, 9.17) is 4.74 Å². The zero-order valence-corrected chi connectivity index (χ0v) is 16.5. The molecule has 1 atom stereocenters. The predicted octanol–water partition coefficient (Wildman–Crippen LogP) is 1.54. The summed E-state index contributed by atoms with van der Waals surface area (Å²) in [5.74, 6) is -0.205. The third-order valence-electron chi connectivity index (χ3n) is 4.94. The van der Waals surface area contributed by atoms with Gasteiger partial charge in [-0.05, 0) is 44.2 Å². The smallest absolute Gasteiger partial charge is 0.331 e. The summed E-state index contributed by atoms with van der Waals surface area (Å²) in [6.45, 7) is 3.28. The molecular formula is C21H20N4O5. The number of nitrogens with zero attached hydrogens (tertiary/aromatic N) is 2. The Kier molecular flexibility index (Phi) is 4.86. The zero-order valence-electron chi connectivity index (χ0n) is 16.5. The van der Waals surface area contributed by atoms with Gasteiger partial charge in [-0.25, -0.2) is 4.79 Å². The summed E-state index contributed by atoms with van der Waals surface area (Å²) in [6.07, 6.45) is -0.590. The topological polar surface area (TPSA) is 111 Å². The molecule has 4 rings (SSSR count). The highest BCUT2D eigenvalue weighted by atomic mass is 16.5. The Morgan fingerprint density at radius 3 is 2.67 bits per heavy atom. The zero-order chi connectivity index (χ0) is 21.4. The second kappa shape index (κ2) is 7.51. The number of benzene rings is 2. The van der Waals surface area contributed by atoms with E-state index < -0.39 is 17.7 Å². The van der Waals surface area contributed by atoms with Crippen molar-refractivity contribution in [2.45, 2.75) is 33.0 Å². The molecule has 0 saturated carbocycles. The van der Waals surface area contributed by atoms with E-state index in [9.17, 15) is 19.2 Å². The number of anilines is 2. The Morgan fingerprint density at radius 2 is 1.90 bits per heavy atom. The molecule has 2 amide bonds. The molecule has 30 heavy (non-hydrogen) atoms. The van der Waals surface area contributed by atoms with Crippen LogP contribution in [0, 0.1) is 0 Å². The van der Waals surface area contributed by atoms with Gasteiger partial charge in [-0.15, -0.1) is 0 Å². The first-order valence-corrected chi connectivity index (χ1v) is 9.53. The number of nitrogens with one attached hydrogen (secondary N) is 2. The minimum Gasteiger partial charge on any atom is -0.479 e. The average molecular weight is 408 g/mol. The molecule has 1 unspecified atom stereocenters. The third kappa shape index (κ3) is 3.34. The molecule has 9 nitrogen and oxygen atoms in total. The molecule has 2 aromatic carbocycles. The number of carbonyl (C=O) groups excluding carboxylic acids is 2. The summed E-state index contributed by atoms with van der Waals surface area (Å²) >= 11 is 0. The average Bonchev–Trinajstić information content (AvgIpc) is 2.72. The molecule has 1 aliphatic rings. The Hall–Kier alpha value is -3.88. The van der Waals surface area contributed by atoms with E-state index in [0.29, 0.717) is 28.0 Å². The van der Waals surface area contributed by atoms with Crippen LogP contribution in [-0.4, -0.2) is 27.1 Å². The van der Waals surface area contributed by atoms with E-state index in [1.54, 1.807) is 56.3 Å². The van der Waals surface area contributed by atoms with Crippen molar-refractivity contribution < 1.29 is 14.3 Å². The fourth-order valence-electron chi connectivity index (χ4n) is 3.43. The number of ether oxygens (including phenoxy) is 1. The van der Waals surface area contributed by atoms with Gasteiger partial charge >= 0.3 is 5.69 Å². The van der Waals surface area contributed by atoms with Crippen LogP contribution >= 0.6 is 0 Å². The molecule has 154 valence electrons. The van der Waals surface area contributed by atoms with E-state index in [-0.39, 0.29) is 24.6 Å². The number of fused-ring (bicyclic) bond motifs is 2. The highest BCUT2D eigenvalue weighted by Gasteiger charge is 2.23. The summed E-state index contributed by atoms with van der Waals surface area (Å²) in [7, 11) is 0. The van der Waals surface area contributed by atoms with Crippen LogP contribution in [0.3, 0.4) is 0 Å². The lowest BCUT2D eigenvalue weighted by atomic mass is 10.2. The van der Waals surface area contributed by atoms with E-state index in [1.807, 2.05) is 0 Å². The van der Waals surface area contributed by atoms with Crippen molar-refractivity contribution in [2.75, 3.05) is 10.6 Å². The first-order chi connectivity index (χ1) is 14.4. The van der Waals surface area contributed by atoms with Crippen molar-refractivity contribution in [1.29, 1.82) is 0 Å². The van der Waals surface area contributed by atoms with Gasteiger partial charge in [-0.2, -0.15) is 0 Å². The number of aromatic nitrogens is 2. The molecule has 0 spiro atoms. The maximum Gasteiger partial charge on any atom is 0.331 e. The summed E-state index contributed by atoms with van der Waals surface area (Å²) in [4.78, 5) is 49.7. The van der Waals surface area contributed by atoms with Gasteiger partial charge < -0.3 is 15.4 Å². The fraction of sp³-hybridized carbons (Fsp3) is 0.238. The van der Waals surface area contributed by atoms with Gasteiger partial charge in [0.1, 0.15) is 12.3 Å². The SMILES string of the molecule is CCn1c(=O)c2ccccc2n(CC(=O)Nc2ccc3c(c2)NC(=O)C(C)O3)c1=O. The molecule has 0 bridgehead atoms. The van der Waals surface area contributed by atoms with E-state index in [1.165, 1.54) is 4.57 Å². The molecule has 0 radical (unpaired) electrons. The van der Waals surface area contributed by atoms with E-state index in [0.717, 1.165) is 4.57 Å². The number of hydrogen-bond acceptors (Lipinski definition) is 5.